The van der Waals surface area contributed by atoms with Crippen LogP contribution in [0.4, 0.5) is 20.2 Å². The highest BCUT2D eigenvalue weighted by Crippen LogP contribution is 2.16. The van der Waals surface area contributed by atoms with Crippen LogP contribution in [0.3, 0.4) is 0 Å². The van der Waals surface area contributed by atoms with E-state index >= 15 is 0 Å². The molecule has 0 spiro atoms. The SMILES string of the molecule is CC(=O)Nc1ccc(OCC(=O)Nc2cc(F)cc(F)c2)cc1. The number of nitrogens with one attached hydrogen (secondary N) is 2. The third-order valence-corrected chi connectivity index (χ3v) is 2.69. The molecule has 120 valence electrons. The average Bonchev–Trinajstić information content (AvgIpc) is 2.45. The highest BCUT2D eigenvalue weighted by Gasteiger charge is 2.06. The van der Waals surface area contributed by atoms with Gasteiger partial charge in [-0.25, -0.2) is 8.78 Å². The summed E-state index contributed by atoms with van der Waals surface area (Å²) in [6.07, 6.45) is 0. The van der Waals surface area contributed by atoms with Gasteiger partial charge in [0.1, 0.15) is 17.4 Å². The Morgan fingerprint density at radius 1 is 0.957 bits per heavy atom. The van der Waals surface area contributed by atoms with E-state index in [1.165, 1.54) is 6.92 Å². The van der Waals surface area contributed by atoms with Gasteiger partial charge in [-0.15, -0.1) is 0 Å². The molecule has 7 heteroatoms. The summed E-state index contributed by atoms with van der Waals surface area (Å²) in [5.74, 6) is -1.90. The lowest BCUT2D eigenvalue weighted by Gasteiger charge is -2.08. The zero-order valence-corrected chi connectivity index (χ0v) is 12.2. The predicted octanol–water partition coefficient (Wildman–Crippen LogP) is 2.94. The Morgan fingerprint density at radius 3 is 2.13 bits per heavy atom. The summed E-state index contributed by atoms with van der Waals surface area (Å²) in [6, 6.07) is 9.13. The zero-order valence-electron chi connectivity index (χ0n) is 12.2. The van der Waals surface area contributed by atoms with E-state index in [2.05, 4.69) is 10.6 Å². The average molecular weight is 320 g/mol. The fourth-order valence-corrected chi connectivity index (χ4v) is 1.81. The van der Waals surface area contributed by atoms with Gasteiger partial charge >= 0.3 is 0 Å². The van der Waals surface area contributed by atoms with Crippen LogP contribution in [0.5, 0.6) is 5.75 Å². The summed E-state index contributed by atoms with van der Waals surface area (Å²) in [7, 11) is 0. The van der Waals surface area contributed by atoms with Crippen LogP contribution in [0.25, 0.3) is 0 Å². The Balaban J connectivity index is 1.87. The molecule has 0 saturated heterocycles. The normalized spacial score (nSPS) is 10.0. The quantitative estimate of drug-likeness (QED) is 0.890. The minimum atomic E-state index is -0.783. The molecule has 0 atom stereocenters. The molecule has 0 fully saturated rings. The summed E-state index contributed by atoms with van der Waals surface area (Å²) in [4.78, 5) is 22.6. The predicted molar refractivity (Wildman–Crippen MR) is 81.2 cm³/mol. The third kappa shape index (κ3) is 5.39. The van der Waals surface area contributed by atoms with Crippen LogP contribution in [0.1, 0.15) is 6.92 Å². The summed E-state index contributed by atoms with van der Waals surface area (Å²) in [6.45, 7) is 1.07. The molecule has 0 aliphatic heterocycles. The number of rotatable bonds is 5. The number of carbonyl (C=O) groups excluding carboxylic acids is 2. The van der Waals surface area contributed by atoms with E-state index in [0.29, 0.717) is 17.5 Å². The van der Waals surface area contributed by atoms with Crippen molar-refractivity contribution in [2.24, 2.45) is 0 Å². The van der Waals surface area contributed by atoms with Crippen LogP contribution in [0.15, 0.2) is 42.5 Å². The summed E-state index contributed by atoms with van der Waals surface area (Å²) in [5, 5.41) is 4.93. The number of anilines is 2. The molecular weight excluding hydrogens is 306 g/mol. The number of halogens is 2. The Bertz CT molecular complexity index is 698. The summed E-state index contributed by atoms with van der Waals surface area (Å²) in [5.41, 5.74) is 0.613. The van der Waals surface area contributed by atoms with Gasteiger partial charge in [-0.2, -0.15) is 0 Å². The van der Waals surface area contributed by atoms with Crippen molar-refractivity contribution in [3.8, 4) is 5.75 Å². The van der Waals surface area contributed by atoms with Gasteiger partial charge in [0, 0.05) is 24.4 Å². The lowest BCUT2D eigenvalue weighted by Crippen LogP contribution is -2.20. The van der Waals surface area contributed by atoms with Gasteiger partial charge in [-0.3, -0.25) is 9.59 Å². The van der Waals surface area contributed by atoms with Crippen LogP contribution >= 0.6 is 0 Å². The van der Waals surface area contributed by atoms with Gasteiger partial charge in [-0.05, 0) is 36.4 Å². The number of benzene rings is 2. The first-order chi connectivity index (χ1) is 10.9. The molecule has 2 aromatic carbocycles. The third-order valence-electron chi connectivity index (χ3n) is 2.69. The lowest BCUT2D eigenvalue weighted by atomic mass is 10.3. The standard InChI is InChI=1S/C16H14F2N2O3/c1-10(21)19-13-2-4-15(5-3-13)23-9-16(22)20-14-7-11(17)6-12(18)8-14/h2-8H,9H2,1H3,(H,19,21)(H,20,22). The molecule has 0 saturated carbocycles. The van der Waals surface area contributed by atoms with E-state index in [-0.39, 0.29) is 18.2 Å². The summed E-state index contributed by atoms with van der Waals surface area (Å²) < 4.78 is 31.3. The van der Waals surface area contributed by atoms with Crippen molar-refractivity contribution in [3.63, 3.8) is 0 Å². The number of ether oxygens (including phenoxy) is 1. The number of hydrogen-bond donors (Lipinski definition) is 2. The topological polar surface area (TPSA) is 67.4 Å². The molecule has 0 unspecified atom stereocenters. The van der Waals surface area contributed by atoms with Crippen molar-refractivity contribution in [2.75, 3.05) is 17.2 Å². The Labute approximate surface area is 131 Å². The van der Waals surface area contributed by atoms with Gasteiger partial charge < -0.3 is 15.4 Å². The van der Waals surface area contributed by atoms with Crippen molar-refractivity contribution in [2.45, 2.75) is 6.92 Å². The molecule has 0 aromatic heterocycles. The molecule has 2 N–H and O–H groups in total. The molecule has 5 nitrogen and oxygen atoms in total. The van der Waals surface area contributed by atoms with E-state index in [4.69, 9.17) is 4.74 Å². The van der Waals surface area contributed by atoms with Crippen molar-refractivity contribution < 1.29 is 23.1 Å². The lowest BCUT2D eigenvalue weighted by molar-refractivity contribution is -0.118. The number of amides is 2. The second kappa shape index (κ2) is 7.35. The fraction of sp³-hybridized carbons (Fsp3) is 0.125. The molecular formula is C16H14F2N2O3. The minimum absolute atomic E-state index is 0.0112. The van der Waals surface area contributed by atoms with Gasteiger partial charge in [0.05, 0.1) is 0 Å². The second-order valence-corrected chi connectivity index (χ2v) is 4.70. The minimum Gasteiger partial charge on any atom is -0.484 e. The van der Waals surface area contributed by atoms with E-state index in [1.807, 2.05) is 0 Å². The van der Waals surface area contributed by atoms with Gasteiger partial charge in [0.15, 0.2) is 6.61 Å². The first-order valence-electron chi connectivity index (χ1n) is 6.69. The number of hydrogen-bond acceptors (Lipinski definition) is 3. The van der Waals surface area contributed by atoms with E-state index in [1.54, 1.807) is 24.3 Å². The van der Waals surface area contributed by atoms with E-state index < -0.39 is 17.5 Å². The first-order valence-corrected chi connectivity index (χ1v) is 6.69. The van der Waals surface area contributed by atoms with Crippen LogP contribution in [0, 0.1) is 11.6 Å². The maximum atomic E-state index is 13.0. The van der Waals surface area contributed by atoms with Crippen molar-refractivity contribution >= 4 is 23.2 Å². The molecule has 0 aliphatic rings. The molecule has 2 aromatic rings. The summed E-state index contributed by atoms with van der Waals surface area (Å²) >= 11 is 0. The molecule has 2 amide bonds. The second-order valence-electron chi connectivity index (χ2n) is 4.70. The monoisotopic (exact) mass is 320 g/mol. The van der Waals surface area contributed by atoms with Crippen molar-refractivity contribution in [3.05, 3.63) is 54.1 Å². The molecule has 2 rings (SSSR count). The maximum Gasteiger partial charge on any atom is 0.262 e. The Hall–Kier alpha value is -2.96. The molecule has 0 aliphatic carbocycles. The van der Waals surface area contributed by atoms with Gasteiger partial charge in [0.2, 0.25) is 5.91 Å². The Kier molecular flexibility index (Phi) is 5.24. The highest BCUT2D eigenvalue weighted by molar-refractivity contribution is 5.92. The van der Waals surface area contributed by atoms with Crippen LogP contribution < -0.4 is 15.4 Å². The highest BCUT2D eigenvalue weighted by atomic mass is 19.1. The maximum absolute atomic E-state index is 13.0. The van der Waals surface area contributed by atoms with E-state index in [9.17, 15) is 18.4 Å². The van der Waals surface area contributed by atoms with Crippen LogP contribution in [0.2, 0.25) is 0 Å². The smallest absolute Gasteiger partial charge is 0.262 e. The van der Waals surface area contributed by atoms with Crippen molar-refractivity contribution in [1.82, 2.24) is 0 Å². The van der Waals surface area contributed by atoms with Crippen molar-refractivity contribution in [1.29, 1.82) is 0 Å². The van der Waals surface area contributed by atoms with Crippen LogP contribution in [-0.2, 0) is 9.59 Å². The molecule has 23 heavy (non-hydrogen) atoms. The molecule has 0 heterocycles. The van der Waals surface area contributed by atoms with Gasteiger partial charge in [0.25, 0.3) is 5.91 Å². The zero-order chi connectivity index (χ0) is 16.8. The fourth-order valence-electron chi connectivity index (χ4n) is 1.81. The number of carbonyl (C=O) groups is 2. The Morgan fingerprint density at radius 2 is 1.57 bits per heavy atom. The molecule has 0 bridgehead atoms. The first kappa shape index (κ1) is 16.4. The van der Waals surface area contributed by atoms with Crippen LogP contribution in [-0.4, -0.2) is 18.4 Å². The van der Waals surface area contributed by atoms with E-state index in [0.717, 1.165) is 12.1 Å². The van der Waals surface area contributed by atoms with Gasteiger partial charge in [-0.1, -0.05) is 0 Å². The largest absolute Gasteiger partial charge is 0.484 e. The molecule has 0 radical (unpaired) electrons.